The first-order chi connectivity index (χ1) is 18.9. The van der Waals surface area contributed by atoms with Crippen molar-refractivity contribution < 1.29 is 28.4 Å². The zero-order chi connectivity index (χ0) is 27.4. The van der Waals surface area contributed by atoms with Crippen molar-refractivity contribution in [2.45, 2.75) is 6.61 Å². The van der Waals surface area contributed by atoms with E-state index in [9.17, 15) is 24.1 Å². The highest BCUT2D eigenvalue weighted by atomic mass is 32.2. The molecule has 2 amide bonds. The third kappa shape index (κ3) is 5.91. The fourth-order valence-corrected chi connectivity index (χ4v) is 4.89. The van der Waals surface area contributed by atoms with Gasteiger partial charge in [-0.05, 0) is 53.1 Å². The molecule has 0 aromatic heterocycles. The molecule has 0 bridgehead atoms. The van der Waals surface area contributed by atoms with E-state index in [1.807, 2.05) is 42.5 Å². The lowest BCUT2D eigenvalue weighted by molar-refractivity contribution is -0.384. The minimum atomic E-state index is -0.558. The Balaban J connectivity index is 1.31. The molecule has 0 N–H and O–H groups in total. The number of carbonyl (C=O) groups is 2. The molecule has 1 aliphatic rings. The molecule has 4 aromatic rings. The van der Waals surface area contributed by atoms with Gasteiger partial charge in [-0.3, -0.25) is 24.6 Å². The van der Waals surface area contributed by atoms with Crippen LogP contribution in [0.1, 0.15) is 11.1 Å². The maximum atomic E-state index is 13.2. The lowest BCUT2D eigenvalue weighted by Gasteiger charge is -2.14. The summed E-state index contributed by atoms with van der Waals surface area (Å²) in [6.07, 6.45) is 1.41. The van der Waals surface area contributed by atoms with Crippen molar-refractivity contribution in [1.29, 1.82) is 0 Å². The Hall–Kier alpha value is -4.70. The summed E-state index contributed by atoms with van der Waals surface area (Å²) in [4.78, 5) is 37.7. The van der Waals surface area contributed by atoms with Crippen LogP contribution in [0, 0.1) is 15.9 Å². The summed E-state index contributed by atoms with van der Waals surface area (Å²) >= 11 is 0.740. The smallest absolute Gasteiger partial charge is 0.293 e. The fraction of sp³-hybridized carbons (Fsp3) is 0.103. The molecule has 4 aromatic carbocycles. The van der Waals surface area contributed by atoms with Crippen molar-refractivity contribution in [2.24, 2.45) is 0 Å². The van der Waals surface area contributed by atoms with E-state index in [-0.39, 0.29) is 47.5 Å². The zero-order valence-electron chi connectivity index (χ0n) is 20.4. The van der Waals surface area contributed by atoms with E-state index in [0.717, 1.165) is 27.4 Å². The Morgan fingerprint density at radius 3 is 2.49 bits per heavy atom. The molecule has 1 aliphatic heterocycles. The minimum absolute atomic E-state index is 0.0358. The molecule has 1 saturated heterocycles. The number of fused-ring (bicyclic) bond motifs is 1. The van der Waals surface area contributed by atoms with Gasteiger partial charge in [0, 0.05) is 23.1 Å². The predicted octanol–water partition coefficient (Wildman–Crippen LogP) is 6.58. The van der Waals surface area contributed by atoms with Gasteiger partial charge < -0.3 is 9.47 Å². The largest absolute Gasteiger partial charge is 0.491 e. The summed E-state index contributed by atoms with van der Waals surface area (Å²) < 4.78 is 24.9. The van der Waals surface area contributed by atoms with Crippen molar-refractivity contribution >= 4 is 45.4 Å². The number of amides is 2. The SMILES string of the molecule is O=C1S/C(=C\c2cc([N+](=O)[O-])ccc2OCc2ccc(F)cc2)C(=O)N1CCOc1cccc2ccccc12. The second kappa shape index (κ2) is 11.4. The number of nitrogens with zero attached hydrogens (tertiary/aromatic N) is 2. The normalized spacial score (nSPS) is 14.3. The van der Waals surface area contributed by atoms with Crippen molar-refractivity contribution in [1.82, 2.24) is 4.90 Å². The molecule has 5 rings (SSSR count). The van der Waals surface area contributed by atoms with E-state index in [0.29, 0.717) is 11.3 Å². The Labute approximate surface area is 226 Å². The molecule has 0 atom stereocenters. The van der Waals surface area contributed by atoms with Crippen molar-refractivity contribution in [3.63, 3.8) is 0 Å². The zero-order valence-corrected chi connectivity index (χ0v) is 21.2. The highest BCUT2D eigenvalue weighted by Gasteiger charge is 2.35. The minimum Gasteiger partial charge on any atom is -0.491 e. The molecule has 10 heteroatoms. The number of carbonyl (C=O) groups excluding carboxylic acids is 2. The average Bonchev–Trinajstić information content (AvgIpc) is 3.20. The molecule has 1 fully saturated rings. The summed E-state index contributed by atoms with van der Waals surface area (Å²) in [5, 5.41) is 12.8. The Bertz CT molecular complexity index is 1600. The van der Waals surface area contributed by atoms with Crippen LogP contribution >= 0.6 is 11.8 Å². The van der Waals surface area contributed by atoms with Crippen LogP contribution in [0.5, 0.6) is 11.5 Å². The average molecular weight is 545 g/mol. The van der Waals surface area contributed by atoms with Crippen LogP contribution in [0.25, 0.3) is 16.8 Å². The van der Waals surface area contributed by atoms with Gasteiger partial charge in [0.1, 0.15) is 30.5 Å². The Kier molecular flexibility index (Phi) is 7.55. The molecule has 0 radical (unpaired) electrons. The van der Waals surface area contributed by atoms with Gasteiger partial charge in [-0.25, -0.2) is 4.39 Å². The number of hydrogen-bond acceptors (Lipinski definition) is 7. The third-order valence-electron chi connectivity index (χ3n) is 5.99. The summed E-state index contributed by atoms with van der Waals surface area (Å²) in [6, 6.07) is 23.1. The van der Waals surface area contributed by atoms with Gasteiger partial charge in [0.15, 0.2) is 0 Å². The summed E-state index contributed by atoms with van der Waals surface area (Å²) in [5.41, 5.74) is 0.758. The van der Waals surface area contributed by atoms with Crippen molar-refractivity contribution in [2.75, 3.05) is 13.2 Å². The van der Waals surface area contributed by atoms with Crippen molar-refractivity contribution in [3.8, 4) is 11.5 Å². The van der Waals surface area contributed by atoms with Crippen LogP contribution in [0.15, 0.2) is 89.8 Å². The first-order valence-corrected chi connectivity index (χ1v) is 12.7. The number of imide groups is 1. The predicted molar refractivity (Wildman–Crippen MR) is 146 cm³/mol. The molecule has 196 valence electrons. The number of non-ortho nitro benzene ring substituents is 1. The molecule has 0 unspecified atom stereocenters. The molecule has 1 heterocycles. The molecular weight excluding hydrogens is 523 g/mol. The standard InChI is InChI=1S/C29H21FN2O6S/c30-22-10-8-19(9-11-22)18-38-25-13-12-23(32(35)36)16-21(25)17-27-28(33)31(29(34)39-27)14-15-37-26-7-3-5-20-4-1-2-6-24(20)26/h1-13,16-17H,14-15,18H2/b27-17-. The number of halogens is 1. The Morgan fingerprint density at radius 2 is 1.69 bits per heavy atom. The second-order valence-electron chi connectivity index (χ2n) is 8.55. The van der Waals surface area contributed by atoms with Crippen LogP contribution in [0.4, 0.5) is 14.9 Å². The van der Waals surface area contributed by atoms with Crippen LogP contribution in [-0.2, 0) is 11.4 Å². The number of hydrogen-bond donors (Lipinski definition) is 0. The van der Waals surface area contributed by atoms with Gasteiger partial charge in [-0.2, -0.15) is 0 Å². The number of thioether (sulfide) groups is 1. The van der Waals surface area contributed by atoms with Crippen LogP contribution < -0.4 is 9.47 Å². The van der Waals surface area contributed by atoms with Gasteiger partial charge in [0.05, 0.1) is 16.4 Å². The first kappa shape index (κ1) is 25.9. The third-order valence-corrected chi connectivity index (χ3v) is 6.90. The van der Waals surface area contributed by atoms with E-state index >= 15 is 0 Å². The van der Waals surface area contributed by atoms with Crippen LogP contribution in [-0.4, -0.2) is 34.1 Å². The highest BCUT2D eigenvalue weighted by Crippen LogP contribution is 2.35. The van der Waals surface area contributed by atoms with E-state index in [2.05, 4.69) is 0 Å². The fourth-order valence-electron chi connectivity index (χ4n) is 4.04. The van der Waals surface area contributed by atoms with E-state index in [4.69, 9.17) is 9.47 Å². The molecule has 39 heavy (non-hydrogen) atoms. The number of benzene rings is 4. The number of nitro benzene ring substituents is 1. The maximum absolute atomic E-state index is 13.2. The summed E-state index contributed by atoms with van der Waals surface area (Å²) in [5.74, 6) is 0.0155. The van der Waals surface area contributed by atoms with Crippen LogP contribution in [0.3, 0.4) is 0 Å². The topological polar surface area (TPSA) is 99.0 Å². The number of rotatable bonds is 9. The monoisotopic (exact) mass is 544 g/mol. The van der Waals surface area contributed by atoms with Gasteiger partial charge in [-0.1, -0.05) is 48.5 Å². The van der Waals surface area contributed by atoms with Gasteiger partial charge >= 0.3 is 0 Å². The maximum Gasteiger partial charge on any atom is 0.293 e. The summed E-state index contributed by atoms with van der Waals surface area (Å²) in [6.45, 7) is 0.210. The Morgan fingerprint density at radius 1 is 0.923 bits per heavy atom. The number of ether oxygens (including phenoxy) is 2. The van der Waals surface area contributed by atoms with E-state index < -0.39 is 16.1 Å². The van der Waals surface area contributed by atoms with Gasteiger partial charge in [0.2, 0.25) is 0 Å². The second-order valence-corrected chi connectivity index (χ2v) is 9.55. The van der Waals surface area contributed by atoms with E-state index in [1.54, 1.807) is 12.1 Å². The molecule has 0 aliphatic carbocycles. The van der Waals surface area contributed by atoms with E-state index in [1.165, 1.54) is 36.4 Å². The molecule has 0 saturated carbocycles. The van der Waals surface area contributed by atoms with Gasteiger partial charge in [-0.15, -0.1) is 0 Å². The lowest BCUT2D eigenvalue weighted by atomic mass is 10.1. The first-order valence-electron chi connectivity index (χ1n) is 11.9. The van der Waals surface area contributed by atoms with Crippen molar-refractivity contribution in [3.05, 3.63) is 117 Å². The van der Waals surface area contributed by atoms with Crippen LogP contribution in [0.2, 0.25) is 0 Å². The molecular formula is C29H21FN2O6S. The lowest BCUT2D eigenvalue weighted by Crippen LogP contribution is -2.32. The quantitative estimate of drug-likeness (QED) is 0.133. The molecule has 0 spiro atoms. The number of nitro groups is 1. The summed E-state index contributed by atoms with van der Waals surface area (Å²) in [7, 11) is 0. The van der Waals surface area contributed by atoms with Gasteiger partial charge in [0.25, 0.3) is 16.8 Å². The molecule has 8 nitrogen and oxygen atoms in total. The highest BCUT2D eigenvalue weighted by molar-refractivity contribution is 8.18.